The van der Waals surface area contributed by atoms with Crippen LogP contribution in [0.5, 0.6) is 0 Å². The lowest BCUT2D eigenvalue weighted by Crippen LogP contribution is -2.53. The first kappa shape index (κ1) is 15.5. The van der Waals surface area contributed by atoms with Gasteiger partial charge in [-0.05, 0) is 24.2 Å². The van der Waals surface area contributed by atoms with E-state index in [2.05, 4.69) is 20.8 Å². The van der Waals surface area contributed by atoms with Gasteiger partial charge in [-0.15, -0.1) is 0 Å². The van der Waals surface area contributed by atoms with Gasteiger partial charge in [0.25, 0.3) is 0 Å². The Morgan fingerprint density at radius 3 is 2.00 bits per heavy atom. The van der Waals surface area contributed by atoms with Crippen LogP contribution in [-0.2, 0) is 4.79 Å². The van der Waals surface area contributed by atoms with Crippen molar-refractivity contribution in [2.75, 3.05) is 13.2 Å². The summed E-state index contributed by atoms with van der Waals surface area (Å²) in [5, 5.41) is 9.69. The molecular weight excluding hydrogens is 226 g/mol. The maximum absolute atomic E-state index is 12.6. The SMILES string of the molecule is CC(C)(C)C(=O)N(CC1CC1)[C@@H](CO)C(C)(C)C. The third kappa shape index (κ3) is 3.98. The molecule has 1 saturated carbocycles. The molecule has 0 aromatic rings. The van der Waals surface area contributed by atoms with Crippen molar-refractivity contribution in [1.29, 1.82) is 0 Å². The van der Waals surface area contributed by atoms with E-state index in [-0.39, 0.29) is 29.4 Å². The molecule has 1 amide bonds. The normalized spacial score (nSPS) is 18.6. The van der Waals surface area contributed by atoms with Crippen LogP contribution in [0, 0.1) is 16.7 Å². The van der Waals surface area contributed by atoms with Gasteiger partial charge in [0.1, 0.15) is 0 Å². The smallest absolute Gasteiger partial charge is 0.228 e. The van der Waals surface area contributed by atoms with Crippen LogP contribution in [0.2, 0.25) is 0 Å². The Morgan fingerprint density at radius 1 is 1.22 bits per heavy atom. The highest BCUT2D eigenvalue weighted by molar-refractivity contribution is 5.82. The highest BCUT2D eigenvalue weighted by atomic mass is 16.3. The van der Waals surface area contributed by atoms with Gasteiger partial charge < -0.3 is 10.0 Å². The van der Waals surface area contributed by atoms with Crippen LogP contribution in [0.3, 0.4) is 0 Å². The Hall–Kier alpha value is -0.570. The van der Waals surface area contributed by atoms with Gasteiger partial charge >= 0.3 is 0 Å². The van der Waals surface area contributed by atoms with E-state index < -0.39 is 0 Å². The molecule has 1 atom stereocenters. The number of nitrogens with zero attached hydrogens (tertiary/aromatic N) is 1. The van der Waals surface area contributed by atoms with E-state index in [0.717, 1.165) is 6.54 Å². The molecule has 0 saturated heterocycles. The van der Waals surface area contributed by atoms with E-state index >= 15 is 0 Å². The molecule has 1 N–H and O–H groups in total. The first-order valence-electron chi connectivity index (χ1n) is 6.99. The summed E-state index contributed by atoms with van der Waals surface area (Å²) < 4.78 is 0. The van der Waals surface area contributed by atoms with Crippen LogP contribution in [0.1, 0.15) is 54.4 Å². The third-order valence-corrected chi connectivity index (χ3v) is 3.60. The Morgan fingerprint density at radius 2 is 1.72 bits per heavy atom. The molecule has 3 heteroatoms. The summed E-state index contributed by atoms with van der Waals surface area (Å²) in [6.07, 6.45) is 2.44. The number of carbonyl (C=O) groups excluding carboxylic acids is 1. The van der Waals surface area contributed by atoms with Crippen molar-refractivity contribution in [2.24, 2.45) is 16.7 Å². The topological polar surface area (TPSA) is 40.5 Å². The molecule has 0 radical (unpaired) electrons. The summed E-state index contributed by atoms with van der Waals surface area (Å²) in [4.78, 5) is 14.5. The summed E-state index contributed by atoms with van der Waals surface area (Å²) >= 11 is 0. The maximum Gasteiger partial charge on any atom is 0.228 e. The van der Waals surface area contributed by atoms with E-state index in [1.54, 1.807) is 0 Å². The van der Waals surface area contributed by atoms with Gasteiger partial charge in [0, 0.05) is 12.0 Å². The van der Waals surface area contributed by atoms with Crippen LogP contribution in [0.4, 0.5) is 0 Å². The zero-order chi connectivity index (χ0) is 14.1. The van der Waals surface area contributed by atoms with Crippen molar-refractivity contribution in [1.82, 2.24) is 4.90 Å². The summed E-state index contributed by atoms with van der Waals surface area (Å²) in [6, 6.07) is -0.0928. The lowest BCUT2D eigenvalue weighted by Gasteiger charge is -2.42. The summed E-state index contributed by atoms with van der Waals surface area (Å²) in [6.45, 7) is 13.0. The minimum Gasteiger partial charge on any atom is -0.394 e. The number of rotatable bonds is 4. The molecular formula is C15H29NO2. The molecule has 0 aliphatic heterocycles. The number of aliphatic hydroxyl groups is 1. The molecule has 0 unspecified atom stereocenters. The van der Waals surface area contributed by atoms with E-state index in [9.17, 15) is 9.90 Å². The fourth-order valence-corrected chi connectivity index (χ4v) is 2.20. The Labute approximate surface area is 112 Å². The van der Waals surface area contributed by atoms with Crippen LogP contribution in [0.25, 0.3) is 0 Å². The lowest BCUT2D eigenvalue weighted by molar-refractivity contribution is -0.146. The van der Waals surface area contributed by atoms with Gasteiger partial charge in [0.15, 0.2) is 0 Å². The van der Waals surface area contributed by atoms with E-state index in [1.165, 1.54) is 12.8 Å². The number of hydrogen-bond acceptors (Lipinski definition) is 2. The molecule has 3 nitrogen and oxygen atoms in total. The molecule has 1 rings (SSSR count). The number of hydrogen-bond donors (Lipinski definition) is 1. The molecule has 1 aliphatic carbocycles. The molecule has 1 fully saturated rings. The van der Waals surface area contributed by atoms with E-state index in [0.29, 0.717) is 5.92 Å². The van der Waals surface area contributed by atoms with Crippen molar-refractivity contribution in [2.45, 2.75) is 60.4 Å². The van der Waals surface area contributed by atoms with Gasteiger partial charge in [0.05, 0.1) is 12.6 Å². The van der Waals surface area contributed by atoms with Gasteiger partial charge in [-0.1, -0.05) is 41.5 Å². The number of aliphatic hydroxyl groups excluding tert-OH is 1. The van der Waals surface area contributed by atoms with Crippen LogP contribution in [-0.4, -0.2) is 35.1 Å². The zero-order valence-corrected chi connectivity index (χ0v) is 12.8. The largest absolute Gasteiger partial charge is 0.394 e. The average Bonchev–Trinajstić information content (AvgIpc) is 2.96. The van der Waals surface area contributed by atoms with Crippen molar-refractivity contribution >= 4 is 5.91 Å². The number of carbonyl (C=O) groups is 1. The molecule has 0 bridgehead atoms. The maximum atomic E-state index is 12.6. The van der Waals surface area contributed by atoms with Crippen molar-refractivity contribution in [3.05, 3.63) is 0 Å². The van der Waals surface area contributed by atoms with Crippen molar-refractivity contribution in [3.63, 3.8) is 0 Å². The number of amides is 1. The average molecular weight is 255 g/mol. The van der Waals surface area contributed by atoms with Gasteiger partial charge in [-0.2, -0.15) is 0 Å². The van der Waals surface area contributed by atoms with Crippen LogP contribution in [0.15, 0.2) is 0 Å². The minimum atomic E-state index is -0.381. The summed E-state index contributed by atoms with van der Waals surface area (Å²) in [5.41, 5.74) is -0.474. The fourth-order valence-electron chi connectivity index (χ4n) is 2.20. The molecule has 18 heavy (non-hydrogen) atoms. The van der Waals surface area contributed by atoms with E-state index in [1.807, 2.05) is 25.7 Å². The Balaban J connectivity index is 2.91. The molecule has 1 aliphatic rings. The van der Waals surface area contributed by atoms with E-state index in [4.69, 9.17) is 0 Å². The molecule has 0 heterocycles. The minimum absolute atomic E-state index is 0.0397. The highest BCUT2D eigenvalue weighted by Crippen LogP contribution is 2.35. The molecule has 106 valence electrons. The predicted octanol–water partition coefficient (Wildman–Crippen LogP) is 2.68. The van der Waals surface area contributed by atoms with Crippen LogP contribution < -0.4 is 0 Å². The zero-order valence-electron chi connectivity index (χ0n) is 12.8. The first-order valence-corrected chi connectivity index (χ1v) is 6.99. The Kier molecular flexibility index (Phi) is 4.47. The molecule has 0 spiro atoms. The quantitative estimate of drug-likeness (QED) is 0.839. The summed E-state index contributed by atoms with van der Waals surface area (Å²) in [7, 11) is 0. The van der Waals surface area contributed by atoms with Crippen molar-refractivity contribution < 1.29 is 9.90 Å². The standard InChI is InChI=1S/C15H29NO2/c1-14(2,3)12(10-17)16(9-11-7-8-11)13(18)15(4,5)6/h11-12,17H,7-10H2,1-6H3/t12-/m0/s1. The second-order valence-corrected chi connectivity index (χ2v) is 7.72. The molecule has 0 aromatic heterocycles. The predicted molar refractivity (Wildman–Crippen MR) is 74.2 cm³/mol. The summed E-state index contributed by atoms with van der Waals surface area (Å²) in [5.74, 6) is 0.802. The van der Waals surface area contributed by atoms with Gasteiger partial charge in [0.2, 0.25) is 5.91 Å². The first-order chi connectivity index (χ1) is 8.07. The lowest BCUT2D eigenvalue weighted by atomic mass is 9.84. The third-order valence-electron chi connectivity index (χ3n) is 3.60. The monoisotopic (exact) mass is 255 g/mol. The van der Waals surface area contributed by atoms with Gasteiger partial charge in [-0.25, -0.2) is 0 Å². The van der Waals surface area contributed by atoms with Crippen molar-refractivity contribution in [3.8, 4) is 0 Å². The highest BCUT2D eigenvalue weighted by Gasteiger charge is 2.39. The second-order valence-electron chi connectivity index (χ2n) is 7.72. The fraction of sp³-hybridized carbons (Fsp3) is 0.933. The van der Waals surface area contributed by atoms with Gasteiger partial charge in [-0.3, -0.25) is 4.79 Å². The molecule has 0 aromatic carbocycles. The second kappa shape index (κ2) is 5.20. The Bertz CT molecular complexity index is 295. The van der Waals surface area contributed by atoms with Crippen LogP contribution >= 0.6 is 0 Å².